The molecule has 16 heavy (non-hydrogen) atoms. The van der Waals surface area contributed by atoms with Crippen molar-refractivity contribution in [3.63, 3.8) is 0 Å². The van der Waals surface area contributed by atoms with Gasteiger partial charge in [-0.3, -0.25) is 0 Å². The molecule has 1 aromatic carbocycles. The minimum absolute atomic E-state index is 0.165. The van der Waals surface area contributed by atoms with Gasteiger partial charge in [0.25, 0.3) is 0 Å². The predicted molar refractivity (Wildman–Crippen MR) is 60.1 cm³/mol. The summed E-state index contributed by atoms with van der Waals surface area (Å²) in [5.41, 5.74) is 0.560. The van der Waals surface area contributed by atoms with E-state index < -0.39 is 0 Å². The average molecular weight is 218 g/mol. The normalized spacial score (nSPS) is 11.7. The Morgan fingerprint density at radius 3 is 2.50 bits per heavy atom. The van der Waals surface area contributed by atoms with Crippen molar-refractivity contribution in [1.29, 1.82) is 0 Å². The maximum Gasteiger partial charge on any atom is 0.247 e. The van der Waals surface area contributed by atoms with Gasteiger partial charge in [0, 0.05) is 11.0 Å². The fourth-order valence-corrected chi connectivity index (χ4v) is 1.28. The van der Waals surface area contributed by atoms with E-state index in [9.17, 15) is 5.11 Å². The first-order chi connectivity index (χ1) is 7.47. The molecular formula is C12H14N2O2. The summed E-state index contributed by atoms with van der Waals surface area (Å²) in [7, 11) is 0. The number of rotatable bonds is 1. The lowest BCUT2D eigenvalue weighted by Crippen LogP contribution is -2.11. The highest BCUT2D eigenvalue weighted by Gasteiger charge is 2.21. The summed E-state index contributed by atoms with van der Waals surface area (Å²) in [6.45, 7) is 6.02. The van der Waals surface area contributed by atoms with E-state index in [1.807, 2.05) is 26.8 Å². The van der Waals surface area contributed by atoms with Crippen LogP contribution in [0.2, 0.25) is 0 Å². The Kier molecular flexibility index (Phi) is 2.42. The number of phenolic OH excluding ortho intramolecular Hbond substituents is 1. The molecule has 4 heteroatoms. The van der Waals surface area contributed by atoms with Gasteiger partial charge in [0.05, 0.1) is 0 Å². The Labute approximate surface area is 93.9 Å². The predicted octanol–water partition coefficient (Wildman–Crippen LogP) is 2.74. The molecule has 0 atom stereocenters. The van der Waals surface area contributed by atoms with E-state index in [-0.39, 0.29) is 11.2 Å². The molecule has 0 bridgehead atoms. The molecule has 0 aliphatic heterocycles. The molecule has 0 spiro atoms. The summed E-state index contributed by atoms with van der Waals surface area (Å²) >= 11 is 0. The monoisotopic (exact) mass is 218 g/mol. The topological polar surface area (TPSA) is 59.2 Å². The molecule has 0 unspecified atom stereocenters. The van der Waals surface area contributed by atoms with Gasteiger partial charge in [-0.05, 0) is 18.2 Å². The number of aromatic hydroxyl groups is 1. The summed E-state index contributed by atoms with van der Waals surface area (Å²) in [6, 6.07) is 6.76. The van der Waals surface area contributed by atoms with Crippen LogP contribution in [0.1, 0.15) is 26.7 Å². The lowest BCUT2D eigenvalue weighted by atomic mass is 9.97. The smallest absolute Gasteiger partial charge is 0.247 e. The summed E-state index contributed by atoms with van der Waals surface area (Å²) in [4.78, 5) is 0. The summed E-state index contributed by atoms with van der Waals surface area (Å²) < 4.78 is 5.56. The van der Waals surface area contributed by atoms with Crippen molar-refractivity contribution in [1.82, 2.24) is 10.2 Å². The van der Waals surface area contributed by atoms with Crippen LogP contribution in [0.3, 0.4) is 0 Å². The van der Waals surface area contributed by atoms with Gasteiger partial charge in [-0.2, -0.15) is 0 Å². The minimum Gasteiger partial charge on any atom is -0.508 e. The van der Waals surface area contributed by atoms with Gasteiger partial charge in [-0.25, -0.2) is 0 Å². The van der Waals surface area contributed by atoms with Crippen molar-refractivity contribution in [3.05, 3.63) is 30.2 Å². The zero-order chi connectivity index (χ0) is 11.8. The van der Waals surface area contributed by atoms with Crippen molar-refractivity contribution < 1.29 is 9.52 Å². The second-order valence-electron chi connectivity index (χ2n) is 4.71. The molecule has 2 rings (SSSR count). The van der Waals surface area contributed by atoms with Crippen LogP contribution >= 0.6 is 0 Å². The molecule has 0 saturated carbocycles. The lowest BCUT2D eigenvalue weighted by molar-refractivity contribution is 0.399. The van der Waals surface area contributed by atoms with Gasteiger partial charge < -0.3 is 9.52 Å². The van der Waals surface area contributed by atoms with Crippen LogP contribution in [0.15, 0.2) is 28.7 Å². The van der Waals surface area contributed by atoms with Crippen LogP contribution < -0.4 is 0 Å². The van der Waals surface area contributed by atoms with E-state index in [2.05, 4.69) is 10.2 Å². The van der Waals surface area contributed by atoms with Gasteiger partial charge in [-0.15, -0.1) is 10.2 Å². The SMILES string of the molecule is CC(C)(C)c1nnc(-c2cccc(O)c2)o1. The van der Waals surface area contributed by atoms with Crippen molar-refractivity contribution >= 4 is 0 Å². The Morgan fingerprint density at radius 1 is 1.19 bits per heavy atom. The van der Waals surface area contributed by atoms with Gasteiger partial charge >= 0.3 is 0 Å². The van der Waals surface area contributed by atoms with Crippen molar-refractivity contribution in [2.45, 2.75) is 26.2 Å². The zero-order valence-corrected chi connectivity index (χ0v) is 9.56. The molecule has 0 amide bonds. The van der Waals surface area contributed by atoms with Crippen molar-refractivity contribution in [2.24, 2.45) is 0 Å². The molecule has 0 fully saturated rings. The first-order valence-corrected chi connectivity index (χ1v) is 5.10. The molecule has 0 aliphatic rings. The number of benzene rings is 1. The van der Waals surface area contributed by atoms with E-state index in [1.54, 1.807) is 18.2 Å². The van der Waals surface area contributed by atoms with Gasteiger partial charge in [0.15, 0.2) is 0 Å². The fraction of sp³-hybridized carbons (Fsp3) is 0.333. The molecule has 4 nitrogen and oxygen atoms in total. The maximum atomic E-state index is 9.35. The molecule has 1 N–H and O–H groups in total. The van der Waals surface area contributed by atoms with Crippen molar-refractivity contribution in [2.75, 3.05) is 0 Å². The molecular weight excluding hydrogens is 204 g/mol. The zero-order valence-electron chi connectivity index (χ0n) is 9.56. The van der Waals surface area contributed by atoms with Crippen LogP contribution in [-0.2, 0) is 5.41 Å². The Hall–Kier alpha value is -1.84. The van der Waals surface area contributed by atoms with Crippen LogP contribution in [0, 0.1) is 0 Å². The molecule has 1 heterocycles. The lowest BCUT2D eigenvalue weighted by Gasteiger charge is -2.10. The van der Waals surface area contributed by atoms with E-state index in [0.29, 0.717) is 11.8 Å². The highest BCUT2D eigenvalue weighted by molar-refractivity contribution is 5.55. The maximum absolute atomic E-state index is 9.35. The summed E-state index contributed by atoms with van der Waals surface area (Å²) in [6.07, 6.45) is 0. The highest BCUT2D eigenvalue weighted by Crippen LogP contribution is 2.26. The third-order valence-corrected chi connectivity index (χ3v) is 2.16. The van der Waals surface area contributed by atoms with Gasteiger partial charge in [0.1, 0.15) is 5.75 Å². The number of nitrogens with zero attached hydrogens (tertiary/aromatic N) is 2. The van der Waals surface area contributed by atoms with E-state index >= 15 is 0 Å². The largest absolute Gasteiger partial charge is 0.508 e. The van der Waals surface area contributed by atoms with E-state index in [4.69, 9.17) is 4.42 Å². The van der Waals surface area contributed by atoms with E-state index in [0.717, 1.165) is 5.56 Å². The third-order valence-electron chi connectivity index (χ3n) is 2.16. The van der Waals surface area contributed by atoms with Crippen LogP contribution in [-0.4, -0.2) is 15.3 Å². The number of hydrogen-bond donors (Lipinski definition) is 1. The Morgan fingerprint density at radius 2 is 1.94 bits per heavy atom. The number of hydrogen-bond acceptors (Lipinski definition) is 4. The Balaban J connectivity index is 2.39. The molecule has 2 aromatic rings. The van der Waals surface area contributed by atoms with Gasteiger partial charge in [-0.1, -0.05) is 26.8 Å². The quantitative estimate of drug-likeness (QED) is 0.799. The summed E-state index contributed by atoms with van der Waals surface area (Å²) in [5.74, 6) is 1.21. The first kappa shape index (κ1) is 10.7. The molecule has 0 saturated heterocycles. The van der Waals surface area contributed by atoms with Gasteiger partial charge in [0.2, 0.25) is 11.8 Å². The minimum atomic E-state index is -0.165. The molecule has 84 valence electrons. The van der Waals surface area contributed by atoms with Crippen LogP contribution in [0.25, 0.3) is 11.5 Å². The first-order valence-electron chi connectivity index (χ1n) is 5.10. The molecule has 1 aromatic heterocycles. The van der Waals surface area contributed by atoms with Crippen molar-refractivity contribution in [3.8, 4) is 17.2 Å². The highest BCUT2D eigenvalue weighted by atomic mass is 16.4. The molecule has 0 aliphatic carbocycles. The second kappa shape index (κ2) is 3.63. The van der Waals surface area contributed by atoms with E-state index in [1.165, 1.54) is 0 Å². The third kappa shape index (κ3) is 2.05. The fourth-order valence-electron chi connectivity index (χ4n) is 1.28. The van der Waals surface area contributed by atoms with Crippen LogP contribution in [0.5, 0.6) is 5.75 Å². The second-order valence-corrected chi connectivity index (χ2v) is 4.71. The average Bonchev–Trinajstić information content (AvgIpc) is 2.65. The standard InChI is InChI=1S/C12H14N2O2/c1-12(2,3)11-14-13-10(16-11)8-5-4-6-9(15)7-8/h4-7,15H,1-3H3. The number of aromatic nitrogens is 2. The molecule has 0 radical (unpaired) electrons. The summed E-state index contributed by atoms with van der Waals surface area (Å²) in [5, 5.41) is 17.3. The number of phenols is 1. The Bertz CT molecular complexity index is 498. The van der Waals surface area contributed by atoms with Crippen LogP contribution in [0.4, 0.5) is 0 Å².